The molecule has 0 radical (unpaired) electrons. The van der Waals surface area contributed by atoms with Gasteiger partial charge in [-0.1, -0.05) is 0 Å². The Hall–Kier alpha value is -0.450. The van der Waals surface area contributed by atoms with E-state index in [-0.39, 0.29) is 11.6 Å². The van der Waals surface area contributed by atoms with Crippen molar-refractivity contribution in [2.24, 2.45) is 0 Å². The average molecular weight is 228 g/mol. The summed E-state index contributed by atoms with van der Waals surface area (Å²) >= 11 is 1.66. The van der Waals surface area contributed by atoms with Crippen LogP contribution in [-0.4, -0.2) is 18.6 Å². The van der Waals surface area contributed by atoms with Crippen LogP contribution in [-0.2, 0) is 10.3 Å². The lowest BCUT2D eigenvalue weighted by Gasteiger charge is -2.21. The van der Waals surface area contributed by atoms with Gasteiger partial charge in [-0.3, -0.25) is 0 Å². The van der Waals surface area contributed by atoms with Crippen molar-refractivity contribution in [3.63, 3.8) is 0 Å². The zero-order chi connectivity index (χ0) is 11.5. The molecule has 0 aliphatic heterocycles. The zero-order valence-corrected chi connectivity index (χ0v) is 10.9. The minimum absolute atomic E-state index is 0.0688. The van der Waals surface area contributed by atoms with Gasteiger partial charge in [-0.25, -0.2) is 4.98 Å². The van der Waals surface area contributed by atoms with Crippen molar-refractivity contribution in [1.29, 1.82) is 0 Å². The highest BCUT2D eigenvalue weighted by molar-refractivity contribution is 7.09. The van der Waals surface area contributed by atoms with Gasteiger partial charge in [-0.15, -0.1) is 11.3 Å². The van der Waals surface area contributed by atoms with Gasteiger partial charge in [0.15, 0.2) is 0 Å². The number of hydrogen-bond donors (Lipinski definition) is 1. The summed E-state index contributed by atoms with van der Waals surface area (Å²) in [5, 5.41) is 6.39. The molecule has 0 saturated heterocycles. The summed E-state index contributed by atoms with van der Waals surface area (Å²) in [7, 11) is 1.95. The second kappa shape index (κ2) is 5.05. The summed E-state index contributed by atoms with van der Waals surface area (Å²) in [6.45, 7) is 9.01. The van der Waals surface area contributed by atoms with Gasteiger partial charge in [-0.05, 0) is 34.7 Å². The van der Waals surface area contributed by atoms with Crippen molar-refractivity contribution in [3.8, 4) is 0 Å². The van der Waals surface area contributed by atoms with E-state index in [2.05, 4.69) is 29.5 Å². The van der Waals surface area contributed by atoms with E-state index in [1.165, 1.54) is 0 Å². The average Bonchev–Trinajstić information content (AvgIpc) is 2.67. The monoisotopic (exact) mass is 228 g/mol. The van der Waals surface area contributed by atoms with Gasteiger partial charge in [0.2, 0.25) is 0 Å². The minimum Gasteiger partial charge on any atom is -0.372 e. The van der Waals surface area contributed by atoms with Crippen molar-refractivity contribution in [2.75, 3.05) is 13.7 Å². The largest absolute Gasteiger partial charge is 0.372 e. The fourth-order valence-corrected chi connectivity index (χ4v) is 2.20. The molecular formula is C11H20N2OS. The van der Waals surface area contributed by atoms with Crippen LogP contribution in [0.3, 0.4) is 0 Å². The van der Waals surface area contributed by atoms with Crippen molar-refractivity contribution in [1.82, 2.24) is 10.3 Å². The van der Waals surface area contributed by atoms with Crippen LogP contribution in [0, 0.1) is 0 Å². The molecule has 1 unspecified atom stereocenters. The number of thiazole rings is 1. The molecular weight excluding hydrogens is 208 g/mol. The third-order valence-corrected chi connectivity index (χ3v) is 3.56. The number of nitrogens with zero attached hydrogens (tertiary/aromatic N) is 1. The van der Waals surface area contributed by atoms with Crippen LogP contribution >= 0.6 is 11.3 Å². The van der Waals surface area contributed by atoms with Gasteiger partial charge in [-0.2, -0.15) is 0 Å². The highest BCUT2D eigenvalue weighted by Crippen LogP contribution is 2.26. The number of ether oxygens (including phenoxy) is 1. The molecule has 0 amide bonds. The van der Waals surface area contributed by atoms with Crippen LogP contribution in [0.15, 0.2) is 5.38 Å². The van der Waals surface area contributed by atoms with Gasteiger partial charge >= 0.3 is 0 Å². The van der Waals surface area contributed by atoms with Crippen molar-refractivity contribution in [3.05, 3.63) is 16.1 Å². The molecule has 0 fully saturated rings. The van der Waals surface area contributed by atoms with Crippen LogP contribution in [0.4, 0.5) is 0 Å². The maximum Gasteiger partial charge on any atom is 0.122 e. The Morgan fingerprint density at radius 2 is 2.27 bits per heavy atom. The van der Waals surface area contributed by atoms with E-state index in [9.17, 15) is 0 Å². The summed E-state index contributed by atoms with van der Waals surface area (Å²) in [6.07, 6.45) is 0.0985. The molecule has 1 heterocycles. The minimum atomic E-state index is -0.0688. The first-order valence-electron chi connectivity index (χ1n) is 5.27. The summed E-state index contributed by atoms with van der Waals surface area (Å²) < 4.78 is 5.52. The normalized spacial score (nSPS) is 14.2. The Morgan fingerprint density at radius 1 is 1.60 bits per heavy atom. The van der Waals surface area contributed by atoms with E-state index >= 15 is 0 Å². The van der Waals surface area contributed by atoms with Gasteiger partial charge in [0.1, 0.15) is 11.1 Å². The van der Waals surface area contributed by atoms with E-state index in [0.29, 0.717) is 0 Å². The number of nitrogens with one attached hydrogen (secondary N) is 1. The van der Waals surface area contributed by atoms with Crippen LogP contribution in [0.5, 0.6) is 0 Å². The van der Waals surface area contributed by atoms with Crippen molar-refractivity contribution >= 4 is 11.3 Å². The first-order chi connectivity index (χ1) is 7.01. The van der Waals surface area contributed by atoms with Gasteiger partial charge in [0.05, 0.1) is 11.2 Å². The quantitative estimate of drug-likeness (QED) is 0.841. The molecule has 1 atom stereocenters. The Bertz CT molecular complexity index is 309. The molecule has 0 saturated carbocycles. The van der Waals surface area contributed by atoms with Crippen LogP contribution < -0.4 is 5.32 Å². The third-order valence-electron chi connectivity index (χ3n) is 2.55. The number of hydrogen-bond acceptors (Lipinski definition) is 4. The predicted molar refractivity (Wildman–Crippen MR) is 64.2 cm³/mol. The lowest BCUT2D eigenvalue weighted by molar-refractivity contribution is 0.0759. The standard InChI is InChI=1S/C11H20N2OS/c1-6-14-8(2)10-13-9(7-15-10)11(3,4)12-5/h7-8,12H,6H2,1-5H3. The Balaban J connectivity index is 2.80. The molecule has 1 rings (SSSR count). The summed E-state index contributed by atoms with van der Waals surface area (Å²) in [4.78, 5) is 4.60. The SMILES string of the molecule is CCOC(C)c1nc(C(C)(C)NC)cs1. The van der Waals surface area contributed by atoms with E-state index < -0.39 is 0 Å². The van der Waals surface area contributed by atoms with E-state index in [0.717, 1.165) is 17.3 Å². The fraction of sp³-hybridized carbons (Fsp3) is 0.727. The van der Waals surface area contributed by atoms with Gasteiger partial charge < -0.3 is 10.1 Å². The lowest BCUT2D eigenvalue weighted by Crippen LogP contribution is -2.33. The van der Waals surface area contributed by atoms with Crippen LogP contribution in [0.2, 0.25) is 0 Å². The second-order valence-corrected chi connectivity index (χ2v) is 4.93. The molecule has 4 heteroatoms. The Labute approximate surface area is 95.9 Å². The predicted octanol–water partition coefficient (Wildman–Crippen LogP) is 2.70. The van der Waals surface area contributed by atoms with Gasteiger partial charge in [0.25, 0.3) is 0 Å². The van der Waals surface area contributed by atoms with Gasteiger partial charge in [0, 0.05) is 12.0 Å². The van der Waals surface area contributed by atoms with E-state index in [1.54, 1.807) is 11.3 Å². The third kappa shape index (κ3) is 3.00. The fourth-order valence-electron chi connectivity index (χ4n) is 1.21. The highest BCUT2D eigenvalue weighted by Gasteiger charge is 2.22. The number of aromatic nitrogens is 1. The summed E-state index contributed by atoms with van der Waals surface area (Å²) in [5.74, 6) is 0. The van der Waals surface area contributed by atoms with Crippen molar-refractivity contribution < 1.29 is 4.74 Å². The molecule has 1 aromatic rings. The second-order valence-electron chi connectivity index (χ2n) is 4.04. The molecule has 15 heavy (non-hydrogen) atoms. The molecule has 86 valence electrons. The molecule has 0 aliphatic carbocycles. The topological polar surface area (TPSA) is 34.1 Å². The molecule has 1 aromatic heterocycles. The Morgan fingerprint density at radius 3 is 2.80 bits per heavy atom. The maximum atomic E-state index is 5.52. The Kier molecular flexibility index (Phi) is 4.25. The first-order valence-corrected chi connectivity index (χ1v) is 6.15. The molecule has 0 aliphatic rings. The number of rotatable bonds is 5. The molecule has 0 aromatic carbocycles. The summed E-state index contributed by atoms with van der Waals surface area (Å²) in [5.41, 5.74) is 1.01. The lowest BCUT2D eigenvalue weighted by atomic mass is 10.0. The van der Waals surface area contributed by atoms with E-state index in [4.69, 9.17) is 4.74 Å². The molecule has 0 bridgehead atoms. The summed E-state index contributed by atoms with van der Waals surface area (Å²) in [6, 6.07) is 0. The maximum absolute atomic E-state index is 5.52. The van der Waals surface area contributed by atoms with E-state index in [1.807, 2.05) is 20.9 Å². The van der Waals surface area contributed by atoms with Crippen LogP contribution in [0.1, 0.15) is 44.5 Å². The van der Waals surface area contributed by atoms with Crippen molar-refractivity contribution in [2.45, 2.75) is 39.3 Å². The zero-order valence-electron chi connectivity index (χ0n) is 10.1. The molecule has 1 N–H and O–H groups in total. The molecule has 0 spiro atoms. The van der Waals surface area contributed by atoms with Crippen LogP contribution in [0.25, 0.3) is 0 Å². The highest BCUT2D eigenvalue weighted by atomic mass is 32.1. The molecule has 3 nitrogen and oxygen atoms in total. The first kappa shape index (κ1) is 12.6. The smallest absolute Gasteiger partial charge is 0.122 e.